The topological polar surface area (TPSA) is 48.1 Å². The van der Waals surface area contributed by atoms with Gasteiger partial charge >= 0.3 is 0 Å². The average Bonchev–Trinajstić information content (AvgIpc) is 2.49. The lowest BCUT2D eigenvalue weighted by molar-refractivity contribution is 0.264. The van der Waals surface area contributed by atoms with Gasteiger partial charge in [-0.25, -0.2) is 10.9 Å². The Hall–Kier alpha value is -0.420. The first-order valence-electron chi connectivity index (χ1n) is 7.59. The summed E-state index contributed by atoms with van der Waals surface area (Å²) in [5.41, 5.74) is 6.99. The molecule has 0 spiro atoms. The van der Waals surface area contributed by atoms with Crippen LogP contribution in [0.3, 0.4) is 0 Å². The first-order valence-corrected chi connectivity index (χ1v) is 7.59. The highest BCUT2D eigenvalue weighted by Crippen LogP contribution is 2.16. The third kappa shape index (κ3) is 2.94. The number of piperidine rings is 2. The van der Waals surface area contributed by atoms with Crippen molar-refractivity contribution in [2.45, 2.75) is 62.7 Å². The standard InChI is InChI=1S/C14H26N4/c1-3-9-15-11(5-1)13-7-8-14(18-17-13)12-6-2-4-10-16-12/h7-8,11-18H,1-6,9-10H2. The molecule has 0 bridgehead atoms. The van der Waals surface area contributed by atoms with E-state index < -0.39 is 0 Å². The van der Waals surface area contributed by atoms with Crippen LogP contribution in [0.4, 0.5) is 0 Å². The van der Waals surface area contributed by atoms with Crippen molar-refractivity contribution >= 4 is 0 Å². The van der Waals surface area contributed by atoms with Crippen LogP contribution in [0.15, 0.2) is 12.2 Å². The smallest absolute Gasteiger partial charge is 0.0547 e. The minimum atomic E-state index is 0.449. The summed E-state index contributed by atoms with van der Waals surface area (Å²) in [5, 5.41) is 7.23. The Morgan fingerprint density at radius 1 is 0.667 bits per heavy atom. The van der Waals surface area contributed by atoms with Crippen molar-refractivity contribution in [3.8, 4) is 0 Å². The molecule has 3 heterocycles. The van der Waals surface area contributed by atoms with E-state index in [1.54, 1.807) is 0 Å². The average molecular weight is 250 g/mol. The maximum atomic E-state index is 3.61. The van der Waals surface area contributed by atoms with Crippen LogP contribution in [-0.2, 0) is 0 Å². The lowest BCUT2D eigenvalue weighted by Gasteiger charge is -2.37. The van der Waals surface area contributed by atoms with Gasteiger partial charge < -0.3 is 10.6 Å². The number of hydrazine groups is 1. The van der Waals surface area contributed by atoms with E-state index in [4.69, 9.17) is 0 Å². The predicted octanol–water partition coefficient (Wildman–Crippen LogP) is 0.672. The van der Waals surface area contributed by atoms with Crippen molar-refractivity contribution in [2.75, 3.05) is 13.1 Å². The van der Waals surface area contributed by atoms with E-state index >= 15 is 0 Å². The second-order valence-electron chi connectivity index (χ2n) is 5.84. The third-order valence-electron chi connectivity index (χ3n) is 4.51. The summed E-state index contributed by atoms with van der Waals surface area (Å²) in [7, 11) is 0. The van der Waals surface area contributed by atoms with E-state index in [0.717, 1.165) is 0 Å². The third-order valence-corrected chi connectivity index (χ3v) is 4.51. The Balaban J connectivity index is 1.53. The molecule has 3 rings (SSSR count). The summed E-state index contributed by atoms with van der Waals surface area (Å²) in [4.78, 5) is 0. The van der Waals surface area contributed by atoms with Gasteiger partial charge in [0.05, 0.1) is 12.1 Å². The highest BCUT2D eigenvalue weighted by Gasteiger charge is 2.27. The molecule has 0 saturated carbocycles. The van der Waals surface area contributed by atoms with Gasteiger partial charge in [-0.2, -0.15) is 0 Å². The van der Waals surface area contributed by atoms with Crippen LogP contribution >= 0.6 is 0 Å². The van der Waals surface area contributed by atoms with Crippen LogP contribution in [0, 0.1) is 0 Å². The number of hydrogen-bond donors (Lipinski definition) is 4. The highest BCUT2D eigenvalue weighted by molar-refractivity contribution is 5.10. The van der Waals surface area contributed by atoms with Crippen LogP contribution in [0.25, 0.3) is 0 Å². The van der Waals surface area contributed by atoms with Crippen molar-refractivity contribution in [3.05, 3.63) is 12.2 Å². The molecule has 0 aliphatic carbocycles. The minimum Gasteiger partial charge on any atom is -0.312 e. The van der Waals surface area contributed by atoms with Crippen LogP contribution in [0.2, 0.25) is 0 Å². The van der Waals surface area contributed by atoms with E-state index in [1.807, 2.05) is 0 Å². The maximum absolute atomic E-state index is 3.61. The molecule has 0 aromatic rings. The van der Waals surface area contributed by atoms with E-state index in [2.05, 4.69) is 33.6 Å². The molecular weight excluding hydrogens is 224 g/mol. The van der Waals surface area contributed by atoms with Crippen molar-refractivity contribution in [1.82, 2.24) is 21.5 Å². The van der Waals surface area contributed by atoms with Gasteiger partial charge in [-0.1, -0.05) is 25.0 Å². The molecule has 4 nitrogen and oxygen atoms in total. The normalized spacial score (nSPS) is 41.8. The summed E-state index contributed by atoms with van der Waals surface area (Å²) in [6, 6.07) is 2.10. The van der Waals surface area contributed by atoms with Crippen LogP contribution in [0.5, 0.6) is 0 Å². The number of nitrogens with one attached hydrogen (secondary N) is 4. The van der Waals surface area contributed by atoms with Gasteiger partial charge in [-0.3, -0.25) is 0 Å². The van der Waals surface area contributed by atoms with E-state index in [9.17, 15) is 0 Å². The van der Waals surface area contributed by atoms with Crippen molar-refractivity contribution in [1.29, 1.82) is 0 Å². The zero-order valence-electron chi connectivity index (χ0n) is 11.1. The largest absolute Gasteiger partial charge is 0.312 e. The van der Waals surface area contributed by atoms with Gasteiger partial charge in [0, 0.05) is 12.1 Å². The molecule has 4 heteroatoms. The first-order chi connectivity index (χ1) is 8.93. The van der Waals surface area contributed by atoms with Gasteiger partial charge in [-0.05, 0) is 38.8 Å². The van der Waals surface area contributed by atoms with Crippen LogP contribution < -0.4 is 21.5 Å². The lowest BCUT2D eigenvalue weighted by Crippen LogP contribution is -2.61. The maximum Gasteiger partial charge on any atom is 0.0547 e. The summed E-state index contributed by atoms with van der Waals surface area (Å²) in [5.74, 6) is 0. The van der Waals surface area contributed by atoms with Crippen molar-refractivity contribution in [3.63, 3.8) is 0 Å². The molecule has 4 unspecified atom stereocenters. The number of hydrogen-bond acceptors (Lipinski definition) is 4. The Morgan fingerprint density at radius 2 is 1.17 bits per heavy atom. The Morgan fingerprint density at radius 3 is 1.50 bits per heavy atom. The molecule has 18 heavy (non-hydrogen) atoms. The summed E-state index contributed by atoms with van der Waals surface area (Å²) >= 11 is 0. The Bertz CT molecular complexity index is 252. The highest BCUT2D eigenvalue weighted by atomic mass is 15.4. The Kier molecular flexibility index (Phi) is 4.31. The van der Waals surface area contributed by atoms with Crippen LogP contribution in [-0.4, -0.2) is 37.3 Å². The SMILES string of the molecule is C1=CC(C2CCCCN2)NNC1C1CCCCN1. The van der Waals surface area contributed by atoms with Crippen LogP contribution in [0.1, 0.15) is 38.5 Å². The second-order valence-corrected chi connectivity index (χ2v) is 5.84. The van der Waals surface area contributed by atoms with Gasteiger partial charge in [0.1, 0.15) is 0 Å². The zero-order valence-corrected chi connectivity index (χ0v) is 11.1. The number of rotatable bonds is 2. The minimum absolute atomic E-state index is 0.449. The molecule has 0 aromatic heterocycles. The zero-order chi connectivity index (χ0) is 12.2. The molecule has 0 amide bonds. The quantitative estimate of drug-likeness (QED) is 0.544. The fourth-order valence-electron chi connectivity index (χ4n) is 3.37. The van der Waals surface area contributed by atoms with Crippen molar-refractivity contribution in [2.24, 2.45) is 0 Å². The van der Waals surface area contributed by atoms with Gasteiger partial charge in [-0.15, -0.1) is 0 Å². The monoisotopic (exact) mass is 250 g/mol. The lowest BCUT2D eigenvalue weighted by atomic mass is 9.93. The molecule has 3 aliphatic heterocycles. The first kappa shape index (κ1) is 12.6. The molecule has 0 aromatic carbocycles. The summed E-state index contributed by atoms with van der Waals surface area (Å²) < 4.78 is 0. The fraction of sp³-hybridized carbons (Fsp3) is 0.857. The van der Waals surface area contributed by atoms with Crippen molar-refractivity contribution < 1.29 is 0 Å². The molecule has 102 valence electrons. The molecule has 2 fully saturated rings. The van der Waals surface area contributed by atoms with Gasteiger partial charge in [0.15, 0.2) is 0 Å². The van der Waals surface area contributed by atoms with Gasteiger partial charge in [0.2, 0.25) is 0 Å². The summed E-state index contributed by atoms with van der Waals surface area (Å²) in [6.45, 7) is 2.34. The van der Waals surface area contributed by atoms with E-state index in [0.29, 0.717) is 24.2 Å². The van der Waals surface area contributed by atoms with Gasteiger partial charge in [0.25, 0.3) is 0 Å². The fourth-order valence-corrected chi connectivity index (χ4v) is 3.37. The van der Waals surface area contributed by atoms with E-state index in [1.165, 1.54) is 51.6 Å². The summed E-state index contributed by atoms with van der Waals surface area (Å²) in [6.07, 6.45) is 12.7. The molecule has 2 saturated heterocycles. The molecule has 4 atom stereocenters. The predicted molar refractivity (Wildman–Crippen MR) is 74.3 cm³/mol. The van der Waals surface area contributed by atoms with E-state index in [-0.39, 0.29) is 0 Å². The second kappa shape index (κ2) is 6.15. The molecule has 3 aliphatic rings. The molecule has 0 radical (unpaired) electrons. The molecular formula is C14H26N4. The molecule has 4 N–H and O–H groups in total. The Labute approximate surface area is 110 Å².